The molecule has 1 aromatic carbocycles. The summed E-state index contributed by atoms with van der Waals surface area (Å²) in [4.78, 5) is 40.0. The molecule has 2 rings (SSSR count). The van der Waals surface area contributed by atoms with Crippen LogP contribution in [0.3, 0.4) is 0 Å². The van der Waals surface area contributed by atoms with Crippen LogP contribution in [0, 0.1) is 10.1 Å². The number of benzene rings is 1. The van der Waals surface area contributed by atoms with Crippen molar-refractivity contribution in [3.63, 3.8) is 0 Å². The van der Waals surface area contributed by atoms with Crippen molar-refractivity contribution in [1.29, 1.82) is 0 Å². The lowest BCUT2D eigenvalue weighted by atomic mass is 10.2. The molecule has 0 fully saturated rings. The molecule has 10 nitrogen and oxygen atoms in total. The molecule has 0 radical (unpaired) electrons. The number of nitrogens with two attached hydrogens (primary N) is 1. The van der Waals surface area contributed by atoms with E-state index in [1.807, 2.05) is 31.1 Å². The normalized spacial score (nSPS) is 11.4. The molecule has 2 aromatic rings. The lowest BCUT2D eigenvalue weighted by molar-refractivity contribution is -0.385. The molecule has 0 unspecified atom stereocenters. The second kappa shape index (κ2) is 8.13. The van der Waals surface area contributed by atoms with Crippen molar-refractivity contribution in [3.05, 3.63) is 52.2 Å². The Bertz CT molecular complexity index is 867. The molecule has 1 atom stereocenters. The standard InChI is InChI=1S/C17H19N5O5/c1-10(16(23)20-11-4-6-12(7-5-11)21(2)3)27-17(24)14-8-13(22(25)26)9-19-15(14)18/h4-10H,1-3H3,(H2,18,19)(H,20,23)/t10-/m1/s1. The van der Waals surface area contributed by atoms with E-state index >= 15 is 0 Å². The maximum Gasteiger partial charge on any atom is 0.342 e. The quantitative estimate of drug-likeness (QED) is 0.444. The third-order valence-electron chi connectivity index (χ3n) is 3.64. The van der Waals surface area contributed by atoms with Gasteiger partial charge in [-0.3, -0.25) is 14.9 Å². The minimum atomic E-state index is -1.15. The van der Waals surface area contributed by atoms with Crippen LogP contribution in [0.2, 0.25) is 0 Å². The van der Waals surface area contributed by atoms with Crippen LogP contribution in [0.15, 0.2) is 36.5 Å². The van der Waals surface area contributed by atoms with E-state index in [0.29, 0.717) is 5.69 Å². The Morgan fingerprint density at radius 2 is 1.93 bits per heavy atom. The second-order valence-corrected chi connectivity index (χ2v) is 5.86. The number of carbonyl (C=O) groups is 2. The number of nitrogen functional groups attached to an aromatic ring is 1. The van der Waals surface area contributed by atoms with E-state index in [2.05, 4.69) is 10.3 Å². The lowest BCUT2D eigenvalue weighted by Gasteiger charge is -2.15. The number of pyridine rings is 1. The summed E-state index contributed by atoms with van der Waals surface area (Å²) in [5.74, 6) is -1.76. The molecule has 0 aliphatic heterocycles. The first kappa shape index (κ1) is 19.6. The maximum absolute atomic E-state index is 12.2. The minimum absolute atomic E-state index is 0.225. The van der Waals surface area contributed by atoms with Gasteiger partial charge < -0.3 is 20.7 Å². The topological polar surface area (TPSA) is 141 Å². The number of ether oxygens (including phenoxy) is 1. The highest BCUT2D eigenvalue weighted by Crippen LogP contribution is 2.19. The number of anilines is 3. The van der Waals surface area contributed by atoms with Crippen molar-refractivity contribution in [2.75, 3.05) is 30.0 Å². The van der Waals surface area contributed by atoms with Crippen LogP contribution in [0.4, 0.5) is 22.9 Å². The van der Waals surface area contributed by atoms with E-state index in [9.17, 15) is 19.7 Å². The number of nitrogens with one attached hydrogen (secondary N) is 1. The molecule has 0 saturated carbocycles. The van der Waals surface area contributed by atoms with Gasteiger partial charge in [0.1, 0.15) is 17.6 Å². The smallest absolute Gasteiger partial charge is 0.342 e. The number of hydrogen-bond acceptors (Lipinski definition) is 8. The monoisotopic (exact) mass is 373 g/mol. The van der Waals surface area contributed by atoms with Crippen molar-refractivity contribution in [3.8, 4) is 0 Å². The Morgan fingerprint density at radius 3 is 2.48 bits per heavy atom. The Labute approximate surface area is 155 Å². The molecular formula is C17H19N5O5. The number of carbonyl (C=O) groups excluding carboxylic acids is 2. The average Bonchev–Trinajstić information content (AvgIpc) is 2.62. The molecule has 142 valence electrons. The summed E-state index contributed by atoms with van der Waals surface area (Å²) in [7, 11) is 3.78. The zero-order chi connectivity index (χ0) is 20.1. The molecule has 3 N–H and O–H groups in total. The van der Waals surface area contributed by atoms with Gasteiger partial charge in [0.05, 0.1) is 4.92 Å². The number of hydrogen-bond donors (Lipinski definition) is 2. The molecule has 0 bridgehead atoms. The van der Waals surface area contributed by atoms with Gasteiger partial charge in [-0.1, -0.05) is 0 Å². The fraction of sp³-hybridized carbons (Fsp3) is 0.235. The van der Waals surface area contributed by atoms with Crippen molar-refractivity contribution in [2.24, 2.45) is 0 Å². The van der Waals surface area contributed by atoms with Crippen molar-refractivity contribution in [2.45, 2.75) is 13.0 Å². The van der Waals surface area contributed by atoms with Gasteiger partial charge >= 0.3 is 5.97 Å². The molecule has 0 aliphatic carbocycles. The van der Waals surface area contributed by atoms with Crippen LogP contribution in [-0.2, 0) is 9.53 Å². The van der Waals surface area contributed by atoms with Crippen LogP contribution < -0.4 is 16.0 Å². The third kappa shape index (κ3) is 4.91. The van der Waals surface area contributed by atoms with Crippen LogP contribution in [0.25, 0.3) is 0 Å². The summed E-state index contributed by atoms with van der Waals surface area (Å²) in [5.41, 5.74) is 6.37. The fourth-order valence-electron chi connectivity index (χ4n) is 2.09. The van der Waals surface area contributed by atoms with E-state index in [1.54, 1.807) is 12.1 Å². The highest BCUT2D eigenvalue weighted by atomic mass is 16.6. The van der Waals surface area contributed by atoms with Gasteiger partial charge in [-0.25, -0.2) is 9.78 Å². The van der Waals surface area contributed by atoms with E-state index in [-0.39, 0.29) is 11.4 Å². The average molecular weight is 373 g/mol. The van der Waals surface area contributed by atoms with E-state index in [1.165, 1.54) is 6.92 Å². The second-order valence-electron chi connectivity index (χ2n) is 5.86. The van der Waals surface area contributed by atoms with Crippen LogP contribution >= 0.6 is 0 Å². The van der Waals surface area contributed by atoms with E-state index in [0.717, 1.165) is 18.0 Å². The Kier molecular flexibility index (Phi) is 5.91. The summed E-state index contributed by atoms with van der Waals surface area (Å²) in [6.07, 6.45) is -0.218. The largest absolute Gasteiger partial charge is 0.449 e. The number of nitro groups is 1. The number of amides is 1. The van der Waals surface area contributed by atoms with E-state index in [4.69, 9.17) is 10.5 Å². The predicted octanol–water partition coefficient (Wildman–Crippen LogP) is 1.82. The SMILES string of the molecule is C[C@@H](OC(=O)c1cc([N+](=O)[O-])cnc1N)C(=O)Nc1ccc(N(C)C)cc1. The minimum Gasteiger partial charge on any atom is -0.449 e. The van der Waals surface area contributed by atoms with Crippen molar-refractivity contribution in [1.82, 2.24) is 4.98 Å². The van der Waals surface area contributed by atoms with Gasteiger partial charge in [-0.05, 0) is 31.2 Å². The fourth-order valence-corrected chi connectivity index (χ4v) is 2.09. The third-order valence-corrected chi connectivity index (χ3v) is 3.64. The van der Waals surface area contributed by atoms with Gasteiger partial charge in [0.15, 0.2) is 6.10 Å². The molecule has 0 aliphatic rings. The van der Waals surface area contributed by atoms with Gasteiger partial charge in [0, 0.05) is 31.5 Å². The van der Waals surface area contributed by atoms with Crippen molar-refractivity contribution < 1.29 is 19.2 Å². The highest BCUT2D eigenvalue weighted by molar-refractivity contribution is 5.99. The molecular weight excluding hydrogens is 354 g/mol. The van der Waals surface area contributed by atoms with E-state index < -0.39 is 28.6 Å². The van der Waals surface area contributed by atoms with Gasteiger partial charge in [0.2, 0.25) is 0 Å². The summed E-state index contributed by atoms with van der Waals surface area (Å²) in [5, 5.41) is 13.4. The Morgan fingerprint density at radius 1 is 1.30 bits per heavy atom. The summed E-state index contributed by atoms with van der Waals surface area (Å²) < 4.78 is 5.05. The predicted molar refractivity (Wildman–Crippen MR) is 99.6 cm³/mol. The van der Waals surface area contributed by atoms with Gasteiger partial charge in [0.25, 0.3) is 11.6 Å². The summed E-state index contributed by atoms with van der Waals surface area (Å²) >= 11 is 0. The number of rotatable bonds is 6. The molecule has 0 saturated heterocycles. The van der Waals surface area contributed by atoms with Crippen LogP contribution in [0.1, 0.15) is 17.3 Å². The molecule has 27 heavy (non-hydrogen) atoms. The first-order chi connectivity index (χ1) is 12.7. The van der Waals surface area contributed by atoms with Crippen molar-refractivity contribution >= 4 is 34.8 Å². The number of aromatic nitrogens is 1. The molecule has 1 aromatic heterocycles. The molecule has 1 amide bonds. The van der Waals surface area contributed by atoms with Crippen LogP contribution in [0.5, 0.6) is 0 Å². The van der Waals surface area contributed by atoms with Gasteiger partial charge in [-0.2, -0.15) is 0 Å². The van der Waals surface area contributed by atoms with Gasteiger partial charge in [-0.15, -0.1) is 0 Å². The number of esters is 1. The molecule has 0 spiro atoms. The maximum atomic E-state index is 12.2. The summed E-state index contributed by atoms with van der Waals surface area (Å²) in [6.45, 7) is 1.38. The first-order valence-electron chi connectivity index (χ1n) is 7.88. The molecule has 10 heteroatoms. The highest BCUT2D eigenvalue weighted by Gasteiger charge is 2.23. The number of nitrogens with zero attached hydrogens (tertiary/aromatic N) is 3. The molecule has 1 heterocycles. The lowest BCUT2D eigenvalue weighted by Crippen LogP contribution is -2.30. The first-order valence-corrected chi connectivity index (χ1v) is 7.88. The zero-order valence-corrected chi connectivity index (χ0v) is 15.0. The zero-order valence-electron chi connectivity index (χ0n) is 15.0. The van der Waals surface area contributed by atoms with Crippen LogP contribution in [-0.4, -0.2) is 42.0 Å². The summed E-state index contributed by atoms with van der Waals surface area (Å²) in [6, 6.07) is 8.02. The Balaban J connectivity index is 2.04. The Hall–Kier alpha value is -3.69.